The molecule has 0 radical (unpaired) electrons. The Morgan fingerprint density at radius 2 is 1.75 bits per heavy atom. The number of likely N-dealkylation sites (tertiary alicyclic amines) is 1. The SMILES string of the molecule is O=C(Cc1ccc(OC(F)(F)F)cc1)N1CCC[C@@H](C(=O)N2CCOCC2)C1. The highest BCUT2D eigenvalue weighted by atomic mass is 19.4. The van der Waals surface area contributed by atoms with Crippen LogP contribution < -0.4 is 4.74 Å². The molecule has 9 heteroatoms. The van der Waals surface area contributed by atoms with E-state index in [9.17, 15) is 22.8 Å². The molecule has 1 aromatic carbocycles. The van der Waals surface area contributed by atoms with Gasteiger partial charge < -0.3 is 19.3 Å². The first-order chi connectivity index (χ1) is 13.3. The zero-order valence-electron chi connectivity index (χ0n) is 15.4. The number of halogens is 3. The molecule has 0 aromatic heterocycles. The lowest BCUT2D eigenvalue weighted by molar-refractivity contribution is -0.274. The van der Waals surface area contributed by atoms with E-state index >= 15 is 0 Å². The third-order valence-electron chi connectivity index (χ3n) is 4.96. The topological polar surface area (TPSA) is 59.1 Å². The van der Waals surface area contributed by atoms with Gasteiger partial charge in [0, 0.05) is 26.2 Å². The molecule has 2 fully saturated rings. The molecule has 2 heterocycles. The lowest BCUT2D eigenvalue weighted by Crippen LogP contribution is -2.49. The van der Waals surface area contributed by atoms with E-state index in [1.807, 2.05) is 0 Å². The number of hydrogen-bond donors (Lipinski definition) is 0. The number of piperidine rings is 1. The van der Waals surface area contributed by atoms with E-state index in [4.69, 9.17) is 4.74 Å². The minimum atomic E-state index is -4.74. The van der Waals surface area contributed by atoms with Crippen LogP contribution in [0.1, 0.15) is 18.4 Å². The van der Waals surface area contributed by atoms with Gasteiger partial charge in [-0.05, 0) is 30.5 Å². The molecule has 2 saturated heterocycles. The highest BCUT2D eigenvalue weighted by Crippen LogP contribution is 2.24. The van der Waals surface area contributed by atoms with Crippen molar-refractivity contribution in [2.24, 2.45) is 5.92 Å². The molecule has 6 nitrogen and oxygen atoms in total. The number of alkyl halides is 3. The summed E-state index contributed by atoms with van der Waals surface area (Å²) >= 11 is 0. The number of amides is 2. The van der Waals surface area contributed by atoms with E-state index in [2.05, 4.69) is 4.74 Å². The predicted molar refractivity (Wildman–Crippen MR) is 93.5 cm³/mol. The quantitative estimate of drug-likeness (QED) is 0.778. The normalized spacial score (nSPS) is 20.8. The average Bonchev–Trinajstić information content (AvgIpc) is 2.68. The maximum absolute atomic E-state index is 12.7. The number of ether oxygens (including phenoxy) is 2. The van der Waals surface area contributed by atoms with Gasteiger partial charge in [-0.2, -0.15) is 0 Å². The largest absolute Gasteiger partial charge is 0.573 e. The second kappa shape index (κ2) is 8.81. The third kappa shape index (κ3) is 5.60. The molecule has 0 bridgehead atoms. The van der Waals surface area contributed by atoms with Gasteiger partial charge in [-0.25, -0.2) is 0 Å². The highest BCUT2D eigenvalue weighted by Gasteiger charge is 2.32. The fourth-order valence-corrected chi connectivity index (χ4v) is 3.54. The van der Waals surface area contributed by atoms with Crippen molar-refractivity contribution in [3.8, 4) is 5.75 Å². The van der Waals surface area contributed by atoms with Gasteiger partial charge in [0.05, 0.1) is 25.6 Å². The molecule has 1 atom stereocenters. The van der Waals surface area contributed by atoms with Crippen molar-refractivity contribution < 1.29 is 32.2 Å². The number of hydrogen-bond acceptors (Lipinski definition) is 4. The van der Waals surface area contributed by atoms with E-state index in [0.717, 1.165) is 12.8 Å². The van der Waals surface area contributed by atoms with Crippen molar-refractivity contribution in [3.05, 3.63) is 29.8 Å². The first-order valence-corrected chi connectivity index (χ1v) is 9.31. The molecule has 0 spiro atoms. The Bertz CT molecular complexity index is 687. The molecule has 3 rings (SSSR count). The molecular weight excluding hydrogens is 377 g/mol. The van der Waals surface area contributed by atoms with Gasteiger partial charge >= 0.3 is 6.36 Å². The summed E-state index contributed by atoms with van der Waals surface area (Å²) in [6, 6.07) is 5.27. The predicted octanol–water partition coefficient (Wildman–Crippen LogP) is 2.23. The summed E-state index contributed by atoms with van der Waals surface area (Å²) in [6.45, 7) is 3.20. The van der Waals surface area contributed by atoms with Crippen LogP contribution in [-0.2, 0) is 20.7 Å². The average molecular weight is 400 g/mol. The van der Waals surface area contributed by atoms with E-state index in [0.29, 0.717) is 45.0 Å². The molecular formula is C19H23F3N2O4. The second-order valence-electron chi connectivity index (χ2n) is 6.99. The van der Waals surface area contributed by atoms with E-state index in [1.54, 1.807) is 9.80 Å². The molecule has 28 heavy (non-hydrogen) atoms. The molecule has 2 aliphatic heterocycles. The van der Waals surface area contributed by atoms with Crippen LogP contribution in [0.15, 0.2) is 24.3 Å². The van der Waals surface area contributed by atoms with Crippen LogP contribution in [0.3, 0.4) is 0 Å². The van der Waals surface area contributed by atoms with Crippen LogP contribution >= 0.6 is 0 Å². The summed E-state index contributed by atoms with van der Waals surface area (Å²) in [5, 5.41) is 0. The van der Waals surface area contributed by atoms with Gasteiger partial charge in [0.2, 0.25) is 11.8 Å². The van der Waals surface area contributed by atoms with Gasteiger partial charge in [-0.3, -0.25) is 9.59 Å². The standard InChI is InChI=1S/C19H23F3N2O4/c20-19(21,22)28-16-5-3-14(4-6-16)12-17(25)24-7-1-2-15(13-24)18(26)23-8-10-27-11-9-23/h3-6,15H,1-2,7-13H2/t15-/m1/s1. The Kier molecular flexibility index (Phi) is 6.43. The van der Waals surface area contributed by atoms with Crippen molar-refractivity contribution in [2.45, 2.75) is 25.6 Å². The van der Waals surface area contributed by atoms with Crippen LogP contribution in [0.2, 0.25) is 0 Å². The molecule has 0 saturated carbocycles. The van der Waals surface area contributed by atoms with Crippen molar-refractivity contribution >= 4 is 11.8 Å². The first-order valence-electron chi connectivity index (χ1n) is 9.31. The zero-order valence-corrected chi connectivity index (χ0v) is 15.4. The summed E-state index contributed by atoms with van der Waals surface area (Å²) in [4.78, 5) is 28.7. The summed E-state index contributed by atoms with van der Waals surface area (Å²) in [5.41, 5.74) is 0.598. The summed E-state index contributed by atoms with van der Waals surface area (Å²) in [6.07, 6.45) is -3.16. The van der Waals surface area contributed by atoms with Crippen LogP contribution in [-0.4, -0.2) is 67.4 Å². The maximum atomic E-state index is 12.7. The maximum Gasteiger partial charge on any atom is 0.573 e. The summed E-state index contributed by atoms with van der Waals surface area (Å²) in [7, 11) is 0. The van der Waals surface area contributed by atoms with Crippen molar-refractivity contribution in [2.75, 3.05) is 39.4 Å². The van der Waals surface area contributed by atoms with Crippen LogP contribution in [0.5, 0.6) is 5.75 Å². The number of carbonyl (C=O) groups is 2. The highest BCUT2D eigenvalue weighted by molar-refractivity contribution is 5.82. The molecule has 154 valence electrons. The molecule has 0 aliphatic carbocycles. The van der Waals surface area contributed by atoms with Crippen molar-refractivity contribution in [3.63, 3.8) is 0 Å². The van der Waals surface area contributed by atoms with Crippen molar-refractivity contribution in [1.82, 2.24) is 9.80 Å². The van der Waals surface area contributed by atoms with E-state index in [1.165, 1.54) is 24.3 Å². The Hall–Kier alpha value is -2.29. The molecule has 2 amide bonds. The fraction of sp³-hybridized carbons (Fsp3) is 0.579. The Balaban J connectivity index is 1.54. The minimum Gasteiger partial charge on any atom is -0.406 e. The smallest absolute Gasteiger partial charge is 0.406 e. The van der Waals surface area contributed by atoms with Gasteiger partial charge in [0.15, 0.2) is 0 Å². The lowest BCUT2D eigenvalue weighted by Gasteiger charge is -2.36. The van der Waals surface area contributed by atoms with E-state index in [-0.39, 0.29) is 29.9 Å². The van der Waals surface area contributed by atoms with Crippen LogP contribution in [0.25, 0.3) is 0 Å². The van der Waals surface area contributed by atoms with Gasteiger partial charge in [-0.15, -0.1) is 13.2 Å². The summed E-state index contributed by atoms with van der Waals surface area (Å²) in [5.74, 6) is -0.602. The molecule has 0 N–H and O–H groups in total. The molecule has 2 aliphatic rings. The summed E-state index contributed by atoms with van der Waals surface area (Å²) < 4.78 is 45.7. The first kappa shape index (κ1) is 20.4. The van der Waals surface area contributed by atoms with Gasteiger partial charge in [0.25, 0.3) is 0 Å². The minimum absolute atomic E-state index is 0.0643. The van der Waals surface area contributed by atoms with Crippen LogP contribution in [0, 0.1) is 5.92 Å². The number of morpholine rings is 1. The number of nitrogens with zero attached hydrogens (tertiary/aromatic N) is 2. The molecule has 1 aromatic rings. The van der Waals surface area contributed by atoms with Gasteiger partial charge in [0.1, 0.15) is 5.75 Å². The Labute approximate surface area is 161 Å². The van der Waals surface area contributed by atoms with E-state index < -0.39 is 6.36 Å². The number of benzene rings is 1. The monoisotopic (exact) mass is 400 g/mol. The van der Waals surface area contributed by atoms with Crippen LogP contribution in [0.4, 0.5) is 13.2 Å². The number of carbonyl (C=O) groups excluding carboxylic acids is 2. The van der Waals surface area contributed by atoms with Gasteiger partial charge in [-0.1, -0.05) is 12.1 Å². The lowest BCUT2D eigenvalue weighted by atomic mass is 9.95. The second-order valence-corrected chi connectivity index (χ2v) is 6.99. The Morgan fingerprint density at radius 3 is 2.39 bits per heavy atom. The third-order valence-corrected chi connectivity index (χ3v) is 4.96. The molecule has 0 unspecified atom stereocenters. The van der Waals surface area contributed by atoms with Crippen molar-refractivity contribution in [1.29, 1.82) is 0 Å². The Morgan fingerprint density at radius 1 is 1.07 bits per heavy atom. The number of rotatable bonds is 4. The zero-order chi connectivity index (χ0) is 20.1. The fourth-order valence-electron chi connectivity index (χ4n) is 3.54.